The molecular weight excluding hydrogens is 365 g/mol. The molecule has 2 rings (SSSR count). The smallest absolute Gasteiger partial charge is 0.243 e. The van der Waals surface area contributed by atoms with Gasteiger partial charge in [-0.15, -0.1) is 24.2 Å². The molecule has 1 aliphatic rings. The molecule has 1 aliphatic heterocycles. The van der Waals surface area contributed by atoms with E-state index in [4.69, 9.17) is 0 Å². The molecule has 0 aliphatic carbocycles. The van der Waals surface area contributed by atoms with Crippen molar-refractivity contribution in [2.75, 3.05) is 18.8 Å². The zero-order chi connectivity index (χ0) is 17.5. The van der Waals surface area contributed by atoms with Crippen LogP contribution in [0.3, 0.4) is 0 Å². The molecule has 2 unspecified atom stereocenters. The Morgan fingerprint density at radius 3 is 2.80 bits per heavy atom. The summed E-state index contributed by atoms with van der Waals surface area (Å²) in [7, 11) is 0. The SMILES string of the molecule is CCN[C@H](C)CNC(=O)C1CSC(Cc2ccccc2F)C(=O)N1.Cl. The minimum atomic E-state index is -0.534. The first kappa shape index (κ1) is 21.7. The summed E-state index contributed by atoms with van der Waals surface area (Å²) in [4.78, 5) is 24.4. The molecule has 1 aromatic rings. The van der Waals surface area contributed by atoms with E-state index < -0.39 is 6.04 Å². The number of rotatable bonds is 7. The molecule has 140 valence electrons. The Morgan fingerprint density at radius 1 is 1.44 bits per heavy atom. The van der Waals surface area contributed by atoms with Gasteiger partial charge in [0.2, 0.25) is 11.8 Å². The van der Waals surface area contributed by atoms with Crippen LogP contribution in [0, 0.1) is 5.82 Å². The van der Waals surface area contributed by atoms with Gasteiger partial charge in [-0.2, -0.15) is 0 Å². The topological polar surface area (TPSA) is 70.2 Å². The molecule has 0 aromatic heterocycles. The molecule has 1 fully saturated rings. The lowest BCUT2D eigenvalue weighted by atomic mass is 10.1. The van der Waals surface area contributed by atoms with E-state index in [1.807, 2.05) is 13.8 Å². The number of thioether (sulfide) groups is 1. The summed E-state index contributed by atoms with van der Waals surface area (Å²) in [6, 6.07) is 6.10. The summed E-state index contributed by atoms with van der Waals surface area (Å²) in [5, 5.41) is 8.43. The number of amides is 2. The number of likely N-dealkylation sites (N-methyl/N-ethyl adjacent to an activating group) is 1. The molecule has 8 heteroatoms. The van der Waals surface area contributed by atoms with Gasteiger partial charge in [-0.1, -0.05) is 25.1 Å². The van der Waals surface area contributed by atoms with Gasteiger partial charge in [0.1, 0.15) is 11.9 Å². The van der Waals surface area contributed by atoms with Gasteiger partial charge in [-0.25, -0.2) is 4.39 Å². The number of benzene rings is 1. The number of hydrogen-bond acceptors (Lipinski definition) is 4. The minimum absolute atomic E-state index is 0. The molecule has 0 radical (unpaired) electrons. The Bertz CT molecular complexity index is 591. The predicted octanol–water partition coefficient (Wildman–Crippen LogP) is 1.50. The third-order valence-corrected chi connectivity index (χ3v) is 5.20. The Hall–Kier alpha value is -1.31. The van der Waals surface area contributed by atoms with Crippen LogP contribution in [-0.4, -0.2) is 48.0 Å². The van der Waals surface area contributed by atoms with Crippen LogP contribution in [0.15, 0.2) is 24.3 Å². The quantitative estimate of drug-likeness (QED) is 0.661. The molecule has 3 atom stereocenters. The highest BCUT2D eigenvalue weighted by Crippen LogP contribution is 2.23. The zero-order valence-electron chi connectivity index (χ0n) is 14.4. The molecule has 0 spiro atoms. The zero-order valence-corrected chi connectivity index (χ0v) is 16.0. The second kappa shape index (κ2) is 10.6. The molecule has 25 heavy (non-hydrogen) atoms. The maximum Gasteiger partial charge on any atom is 0.243 e. The second-order valence-electron chi connectivity index (χ2n) is 5.88. The Kier molecular flexibility index (Phi) is 9.24. The van der Waals surface area contributed by atoms with E-state index in [0.717, 1.165) is 6.54 Å². The highest BCUT2D eigenvalue weighted by Gasteiger charge is 2.32. The van der Waals surface area contributed by atoms with Crippen LogP contribution in [0.5, 0.6) is 0 Å². The fourth-order valence-corrected chi connectivity index (χ4v) is 3.72. The van der Waals surface area contributed by atoms with Gasteiger partial charge >= 0.3 is 0 Å². The van der Waals surface area contributed by atoms with Gasteiger partial charge in [0.05, 0.1) is 5.25 Å². The van der Waals surface area contributed by atoms with Crippen LogP contribution in [0.25, 0.3) is 0 Å². The summed E-state index contributed by atoms with van der Waals surface area (Å²) in [6.07, 6.45) is 0.328. The first-order valence-electron chi connectivity index (χ1n) is 8.17. The molecule has 0 saturated carbocycles. The number of carbonyl (C=O) groups is 2. The van der Waals surface area contributed by atoms with Gasteiger partial charge in [-0.05, 0) is 31.5 Å². The largest absolute Gasteiger partial charge is 0.353 e. The fourth-order valence-electron chi connectivity index (χ4n) is 2.55. The van der Waals surface area contributed by atoms with Crippen molar-refractivity contribution in [3.63, 3.8) is 0 Å². The summed E-state index contributed by atoms with van der Waals surface area (Å²) in [6.45, 7) is 5.35. The van der Waals surface area contributed by atoms with E-state index in [9.17, 15) is 14.0 Å². The molecular formula is C17H25ClFN3O2S. The van der Waals surface area contributed by atoms with Crippen molar-refractivity contribution < 1.29 is 14.0 Å². The van der Waals surface area contributed by atoms with Crippen LogP contribution in [0.1, 0.15) is 19.4 Å². The molecule has 0 bridgehead atoms. The fraction of sp³-hybridized carbons (Fsp3) is 0.529. The summed E-state index contributed by atoms with van der Waals surface area (Å²) < 4.78 is 13.7. The van der Waals surface area contributed by atoms with Crippen LogP contribution in [0.4, 0.5) is 4.39 Å². The molecule has 1 heterocycles. The number of nitrogens with one attached hydrogen (secondary N) is 3. The van der Waals surface area contributed by atoms with Crippen molar-refractivity contribution in [1.82, 2.24) is 16.0 Å². The normalized spacial score (nSPS) is 21.0. The summed E-state index contributed by atoms with van der Waals surface area (Å²) >= 11 is 1.40. The monoisotopic (exact) mass is 389 g/mol. The van der Waals surface area contributed by atoms with Crippen molar-refractivity contribution in [3.8, 4) is 0 Å². The third kappa shape index (κ3) is 6.49. The highest BCUT2D eigenvalue weighted by atomic mass is 35.5. The van der Waals surface area contributed by atoms with E-state index in [2.05, 4.69) is 16.0 Å². The van der Waals surface area contributed by atoms with Gasteiger partial charge in [0.25, 0.3) is 0 Å². The first-order valence-corrected chi connectivity index (χ1v) is 9.22. The average Bonchev–Trinajstić information content (AvgIpc) is 2.56. The van der Waals surface area contributed by atoms with Gasteiger partial charge < -0.3 is 16.0 Å². The van der Waals surface area contributed by atoms with E-state index in [1.54, 1.807) is 18.2 Å². The standard InChI is InChI=1S/C17H24FN3O2S.ClH/c1-3-19-11(2)9-20-16(22)14-10-24-15(17(23)21-14)8-12-6-4-5-7-13(12)18;/h4-7,11,14-15,19H,3,8-10H2,1-2H3,(H,20,22)(H,21,23);1H/t11-,14?,15?;/m1./s1. The van der Waals surface area contributed by atoms with Crippen LogP contribution < -0.4 is 16.0 Å². The van der Waals surface area contributed by atoms with Crippen molar-refractivity contribution in [3.05, 3.63) is 35.6 Å². The molecule has 5 nitrogen and oxygen atoms in total. The van der Waals surface area contributed by atoms with Gasteiger partial charge in [0.15, 0.2) is 0 Å². The second-order valence-corrected chi connectivity index (χ2v) is 7.12. The summed E-state index contributed by atoms with van der Waals surface area (Å²) in [5.41, 5.74) is 0.521. The Labute approximate surface area is 158 Å². The van der Waals surface area contributed by atoms with Crippen molar-refractivity contribution in [1.29, 1.82) is 0 Å². The molecule has 1 aromatic carbocycles. The third-order valence-electron chi connectivity index (χ3n) is 3.89. The van der Waals surface area contributed by atoms with Crippen molar-refractivity contribution in [2.24, 2.45) is 0 Å². The number of hydrogen-bond donors (Lipinski definition) is 3. The lowest BCUT2D eigenvalue weighted by Crippen LogP contribution is -2.55. The minimum Gasteiger partial charge on any atom is -0.353 e. The van der Waals surface area contributed by atoms with Crippen LogP contribution >= 0.6 is 24.2 Å². The van der Waals surface area contributed by atoms with E-state index in [-0.39, 0.29) is 41.3 Å². The first-order chi connectivity index (χ1) is 11.5. The number of carbonyl (C=O) groups excluding carboxylic acids is 2. The number of halogens is 2. The van der Waals surface area contributed by atoms with E-state index in [1.165, 1.54) is 17.8 Å². The van der Waals surface area contributed by atoms with Crippen LogP contribution in [-0.2, 0) is 16.0 Å². The predicted molar refractivity (Wildman–Crippen MR) is 102 cm³/mol. The molecule has 1 saturated heterocycles. The van der Waals surface area contributed by atoms with Gasteiger partial charge in [0, 0.05) is 18.3 Å². The van der Waals surface area contributed by atoms with Crippen molar-refractivity contribution in [2.45, 2.75) is 37.6 Å². The Balaban J connectivity index is 0.00000312. The highest BCUT2D eigenvalue weighted by molar-refractivity contribution is 8.00. The lowest BCUT2D eigenvalue weighted by molar-refractivity contribution is -0.128. The average molecular weight is 390 g/mol. The maximum atomic E-state index is 13.7. The van der Waals surface area contributed by atoms with E-state index >= 15 is 0 Å². The lowest BCUT2D eigenvalue weighted by Gasteiger charge is -2.28. The summed E-state index contributed by atoms with van der Waals surface area (Å²) in [5.74, 6) is -0.200. The van der Waals surface area contributed by atoms with Crippen molar-refractivity contribution >= 4 is 36.0 Å². The Morgan fingerprint density at radius 2 is 2.16 bits per heavy atom. The molecule has 3 N–H and O–H groups in total. The molecule has 2 amide bonds. The van der Waals surface area contributed by atoms with E-state index in [0.29, 0.717) is 24.3 Å². The van der Waals surface area contributed by atoms with Gasteiger partial charge in [-0.3, -0.25) is 9.59 Å². The van der Waals surface area contributed by atoms with Crippen LogP contribution in [0.2, 0.25) is 0 Å². The maximum absolute atomic E-state index is 13.7.